The summed E-state index contributed by atoms with van der Waals surface area (Å²) < 4.78 is 14.8. The van der Waals surface area contributed by atoms with E-state index in [1.807, 2.05) is 82.2 Å². The number of likely N-dealkylation sites (tertiary alicyclic amines) is 2. The second-order valence-corrected chi connectivity index (χ2v) is 17.2. The Morgan fingerprint density at radius 1 is 0.641 bits per heavy atom. The van der Waals surface area contributed by atoms with E-state index < -0.39 is 12.2 Å². The van der Waals surface area contributed by atoms with Crippen molar-refractivity contribution in [3.8, 4) is 46.3 Å². The van der Waals surface area contributed by atoms with Crippen LogP contribution in [-0.2, 0) is 13.1 Å². The van der Waals surface area contributed by atoms with E-state index in [1.165, 1.54) is 26.1 Å². The number of benzene rings is 2. The van der Waals surface area contributed by atoms with Crippen LogP contribution in [0.2, 0.25) is 0 Å². The Balaban J connectivity index is 0.000000186. The first-order chi connectivity index (χ1) is 30.2. The van der Waals surface area contributed by atoms with Gasteiger partial charge >= 0.3 is 0 Å². The third-order valence-electron chi connectivity index (χ3n) is 12.6. The average Bonchev–Trinajstić information content (AvgIpc) is 3.91. The smallest absolute Gasteiger partial charge is 0.167 e. The molecule has 0 spiro atoms. The fraction of sp³-hybridized carbons (Fsp3) is 0.451. The molecule has 2 aromatic carbocycles. The molecule has 8 atom stereocenters. The van der Waals surface area contributed by atoms with Crippen LogP contribution in [0.5, 0.6) is 0 Å². The third kappa shape index (κ3) is 10.4. The van der Waals surface area contributed by atoms with Crippen molar-refractivity contribution < 1.29 is 24.4 Å². The third-order valence-corrected chi connectivity index (χ3v) is 12.6. The van der Waals surface area contributed by atoms with E-state index in [4.69, 9.17) is 14.2 Å². The van der Waals surface area contributed by atoms with Gasteiger partial charge in [0.1, 0.15) is 35.2 Å². The van der Waals surface area contributed by atoms with Crippen LogP contribution in [0.1, 0.15) is 88.4 Å². The van der Waals surface area contributed by atoms with Crippen LogP contribution in [0.3, 0.4) is 0 Å². The van der Waals surface area contributed by atoms with Crippen molar-refractivity contribution in [1.82, 2.24) is 39.2 Å². The Morgan fingerprint density at radius 2 is 1.05 bits per heavy atom. The zero-order valence-electron chi connectivity index (χ0n) is 35.5. The maximum atomic E-state index is 9.80. The van der Waals surface area contributed by atoms with Crippen LogP contribution in [0, 0.1) is 59.2 Å². The maximum absolute atomic E-state index is 9.80. The van der Waals surface area contributed by atoms with Crippen molar-refractivity contribution in [1.29, 1.82) is 0 Å². The Kier molecular flexibility index (Phi) is 14.7. The van der Waals surface area contributed by atoms with Gasteiger partial charge < -0.3 is 43.3 Å². The van der Waals surface area contributed by atoms with Crippen LogP contribution < -0.4 is 0 Å². The minimum atomic E-state index is -0.635. The first-order valence-electron chi connectivity index (χ1n) is 21.8. The minimum absolute atomic E-state index is 0. The van der Waals surface area contributed by atoms with Gasteiger partial charge in [0, 0.05) is 104 Å². The highest BCUT2D eigenvalue weighted by Crippen LogP contribution is 2.52. The fourth-order valence-corrected chi connectivity index (χ4v) is 9.29. The number of hydrogen-bond donors (Lipinski definition) is 3. The van der Waals surface area contributed by atoms with E-state index in [0.29, 0.717) is 54.2 Å². The highest BCUT2D eigenvalue weighted by atomic mass is 16.5. The first-order valence-corrected chi connectivity index (χ1v) is 21.8. The van der Waals surface area contributed by atoms with Crippen molar-refractivity contribution in [3.05, 3.63) is 120 Å². The topological polar surface area (TPSA) is 155 Å². The summed E-state index contributed by atoms with van der Waals surface area (Å²) in [5.74, 6) is 20.3. The van der Waals surface area contributed by atoms with Gasteiger partial charge in [-0.1, -0.05) is 55.8 Å². The van der Waals surface area contributed by atoms with Crippen molar-refractivity contribution >= 4 is 0 Å². The number of hydrogen-bond acceptors (Lipinski definition) is 11. The van der Waals surface area contributed by atoms with E-state index in [-0.39, 0.29) is 21.5 Å². The van der Waals surface area contributed by atoms with Gasteiger partial charge in [0.05, 0.1) is 19.7 Å². The van der Waals surface area contributed by atoms with Crippen LogP contribution in [0.4, 0.5) is 0 Å². The Hall–Kier alpha value is -5.80. The van der Waals surface area contributed by atoms with E-state index >= 15 is 0 Å². The second kappa shape index (κ2) is 20.4. The number of aliphatic hydroxyl groups is 3. The molecule has 0 bridgehead atoms. The van der Waals surface area contributed by atoms with E-state index in [9.17, 15) is 10.2 Å². The lowest BCUT2D eigenvalue weighted by Crippen LogP contribution is -2.27. The molecule has 10 rings (SSSR count). The van der Waals surface area contributed by atoms with Crippen molar-refractivity contribution in [2.24, 2.45) is 35.5 Å². The summed E-state index contributed by atoms with van der Waals surface area (Å²) in [5.41, 5.74) is 5.53. The maximum Gasteiger partial charge on any atom is 0.167 e. The average molecular weight is 867 g/mol. The fourth-order valence-electron chi connectivity index (χ4n) is 9.29. The zero-order chi connectivity index (χ0) is 42.7. The molecule has 336 valence electrons. The zero-order valence-corrected chi connectivity index (χ0v) is 35.5. The molecule has 4 aromatic heterocycles. The Morgan fingerprint density at radius 3 is 1.42 bits per heavy atom. The molecule has 4 fully saturated rings. The lowest BCUT2D eigenvalue weighted by atomic mass is 10.1. The van der Waals surface area contributed by atoms with Crippen molar-refractivity contribution in [2.75, 3.05) is 45.9 Å². The van der Waals surface area contributed by atoms with E-state index in [1.54, 1.807) is 26.2 Å². The summed E-state index contributed by atoms with van der Waals surface area (Å²) in [6, 6.07) is 20.0. The van der Waals surface area contributed by atoms with Gasteiger partial charge in [-0.3, -0.25) is 0 Å². The molecule has 2 unspecified atom stereocenters. The number of rotatable bonds is 12. The number of piperidine rings is 2. The SMILES string of the molecule is C.C.CCCN1C[C@@H]2C(C#Cc3ccc(-c4cc(Cn5ccnc5[C@H](C)O)no4)cc3)[C@@H]2C1.C[C@H](O)c1nccn1Cc1cc(-c2ccc(C#CC3[C@H]4CN(CCO)C[C@@H]34)cc2)on1. The van der Waals surface area contributed by atoms with Gasteiger partial charge in [0.2, 0.25) is 0 Å². The van der Waals surface area contributed by atoms with Crippen LogP contribution in [0.15, 0.2) is 94.5 Å². The molecule has 6 heterocycles. The molecule has 3 N–H and O–H groups in total. The Bertz CT molecular complexity index is 2360. The molecular formula is C51H62N8O5. The molecule has 2 aliphatic carbocycles. The highest BCUT2D eigenvalue weighted by molar-refractivity contribution is 5.60. The number of aromatic nitrogens is 6. The number of fused-ring (bicyclic) bond motifs is 2. The molecule has 64 heavy (non-hydrogen) atoms. The molecule has 13 heteroatoms. The molecule has 2 aliphatic heterocycles. The van der Waals surface area contributed by atoms with E-state index in [0.717, 1.165) is 70.9 Å². The number of imidazole rings is 2. The summed E-state index contributed by atoms with van der Waals surface area (Å²) in [5, 5.41) is 37.0. The van der Waals surface area contributed by atoms with Crippen LogP contribution >= 0.6 is 0 Å². The molecule has 2 saturated carbocycles. The Labute approximate surface area is 377 Å². The van der Waals surface area contributed by atoms with Gasteiger partial charge in [0.15, 0.2) is 11.5 Å². The van der Waals surface area contributed by atoms with Crippen molar-refractivity contribution in [3.63, 3.8) is 0 Å². The first kappa shape index (κ1) is 46.2. The van der Waals surface area contributed by atoms with Gasteiger partial charge in [-0.25, -0.2) is 9.97 Å². The van der Waals surface area contributed by atoms with Crippen molar-refractivity contribution in [2.45, 2.75) is 67.3 Å². The quantitative estimate of drug-likeness (QED) is 0.109. The summed E-state index contributed by atoms with van der Waals surface area (Å²) in [7, 11) is 0. The second-order valence-electron chi connectivity index (χ2n) is 17.2. The number of nitrogens with zero attached hydrogens (tertiary/aromatic N) is 8. The van der Waals surface area contributed by atoms with Gasteiger partial charge in [0.25, 0.3) is 0 Å². The lowest BCUT2D eigenvalue weighted by molar-refractivity contribution is 0.184. The van der Waals surface area contributed by atoms with Gasteiger partial charge in [-0.05, 0) is 99.0 Å². The molecule has 6 aromatic rings. The highest BCUT2D eigenvalue weighted by Gasteiger charge is 2.55. The summed E-state index contributed by atoms with van der Waals surface area (Å²) in [4.78, 5) is 13.3. The van der Waals surface area contributed by atoms with Gasteiger partial charge in [-0.2, -0.15) is 0 Å². The summed E-state index contributed by atoms with van der Waals surface area (Å²) >= 11 is 0. The monoisotopic (exact) mass is 866 g/mol. The molecule has 0 radical (unpaired) electrons. The lowest BCUT2D eigenvalue weighted by Gasteiger charge is -2.16. The largest absolute Gasteiger partial charge is 0.395 e. The standard InChI is InChI=1S/C25H28N4O2.C24H26N4O3.2CH4/c1-3-11-28-15-22-21(23(22)16-28)9-6-18-4-7-19(8-5-18)24-13-20(27-31-24)14-29-12-10-26-25(29)17(2)30;1-16(30)24-25-8-9-28(24)13-19-12-23(31-26-19)18-5-2-17(3-6-18)4-7-20-21-14-27(10-11-29)15-22(20)21;;/h4-5,7-8,10,12-13,17,21-23,30H,3,11,14-16H2,1-2H3;2-3,5-6,8-9,12,16,20-22,29-30H,10-11,13-15H2,1H3;2*1H4/t17-,21?,22-,23+;16-,20?,21-,22+;;/m00../s1. The molecule has 13 nitrogen and oxygen atoms in total. The van der Waals surface area contributed by atoms with Gasteiger partial charge in [-0.15, -0.1) is 0 Å². The molecule has 4 aliphatic rings. The van der Waals surface area contributed by atoms with E-state index in [2.05, 4.69) is 60.7 Å². The summed E-state index contributed by atoms with van der Waals surface area (Å²) in [6.07, 6.45) is 6.98. The van der Waals surface area contributed by atoms with Crippen LogP contribution in [-0.4, -0.2) is 100 Å². The predicted molar refractivity (Wildman–Crippen MR) is 246 cm³/mol. The molecular weight excluding hydrogens is 805 g/mol. The van der Waals surface area contributed by atoms with Crippen LogP contribution in [0.25, 0.3) is 22.6 Å². The predicted octanol–water partition coefficient (Wildman–Crippen LogP) is 7.01. The summed E-state index contributed by atoms with van der Waals surface area (Å²) in [6.45, 7) is 13.5. The molecule has 2 saturated heterocycles. The number of aliphatic hydroxyl groups excluding tert-OH is 3. The molecule has 0 amide bonds. The number of β-amino-alcohol motifs (C(OH)–C–C–N with tert-alkyl or cyclic N) is 1. The minimum Gasteiger partial charge on any atom is -0.395 e. The normalized spacial score (nSPS) is 22.5.